The van der Waals surface area contributed by atoms with Crippen LogP contribution in [0.3, 0.4) is 0 Å². The van der Waals surface area contributed by atoms with Crippen LogP contribution in [0, 0.1) is 0 Å². The van der Waals surface area contributed by atoms with Gasteiger partial charge in [0, 0.05) is 5.69 Å². The van der Waals surface area contributed by atoms with Crippen molar-refractivity contribution < 1.29 is 9.47 Å². The van der Waals surface area contributed by atoms with Gasteiger partial charge in [-0.05, 0) is 44.2 Å². The summed E-state index contributed by atoms with van der Waals surface area (Å²) in [4.78, 5) is 4.72. The number of nitrogens with zero attached hydrogens (tertiary/aromatic N) is 1. The minimum absolute atomic E-state index is 0.619. The molecule has 86 valence electrons. The van der Waals surface area contributed by atoms with Gasteiger partial charge in [0.2, 0.25) is 5.79 Å². The predicted octanol–water partition coefficient (Wildman–Crippen LogP) is 2.18. The fourth-order valence-electron chi connectivity index (χ4n) is 2.50. The number of aryl methyl sites for hydroxylation is 2. The lowest BCUT2D eigenvalue weighted by Gasteiger charge is -2.24. The third-order valence-corrected chi connectivity index (χ3v) is 3.48. The highest BCUT2D eigenvalue weighted by Gasteiger charge is 2.35. The van der Waals surface area contributed by atoms with E-state index in [1.807, 2.05) is 6.92 Å². The molecule has 3 nitrogen and oxygen atoms in total. The van der Waals surface area contributed by atoms with Crippen molar-refractivity contribution >= 4 is 0 Å². The summed E-state index contributed by atoms with van der Waals surface area (Å²) in [5, 5.41) is 0. The minimum atomic E-state index is -0.619. The van der Waals surface area contributed by atoms with Crippen LogP contribution in [0.15, 0.2) is 12.1 Å². The van der Waals surface area contributed by atoms with Crippen molar-refractivity contribution in [2.75, 3.05) is 13.2 Å². The van der Waals surface area contributed by atoms with E-state index in [4.69, 9.17) is 14.5 Å². The molecule has 2 heterocycles. The largest absolute Gasteiger partial charge is 0.342 e. The van der Waals surface area contributed by atoms with Crippen LogP contribution in [0.25, 0.3) is 0 Å². The van der Waals surface area contributed by atoms with E-state index in [-0.39, 0.29) is 0 Å². The number of rotatable bonds is 1. The first-order chi connectivity index (χ1) is 7.78. The van der Waals surface area contributed by atoms with E-state index in [1.165, 1.54) is 30.5 Å². The molecule has 1 aliphatic carbocycles. The molecule has 1 aromatic rings. The van der Waals surface area contributed by atoms with Crippen molar-refractivity contribution in [3.63, 3.8) is 0 Å². The molecule has 0 bridgehead atoms. The van der Waals surface area contributed by atoms with Crippen LogP contribution in [0.5, 0.6) is 0 Å². The lowest BCUT2D eigenvalue weighted by atomic mass is 9.95. The molecule has 1 fully saturated rings. The summed E-state index contributed by atoms with van der Waals surface area (Å²) < 4.78 is 11.3. The molecule has 0 unspecified atom stereocenters. The Labute approximate surface area is 95.8 Å². The van der Waals surface area contributed by atoms with Crippen LogP contribution in [0.2, 0.25) is 0 Å². The SMILES string of the molecule is CC1(c2ccc3c(n2)CCCC3)OCCO1. The number of pyridine rings is 1. The summed E-state index contributed by atoms with van der Waals surface area (Å²) >= 11 is 0. The van der Waals surface area contributed by atoms with Gasteiger partial charge in [0.05, 0.1) is 18.9 Å². The molecule has 2 aliphatic rings. The molecule has 0 aromatic carbocycles. The van der Waals surface area contributed by atoms with Crippen LogP contribution < -0.4 is 0 Å². The van der Waals surface area contributed by atoms with Crippen molar-refractivity contribution in [2.24, 2.45) is 0 Å². The Morgan fingerprint density at radius 2 is 1.88 bits per heavy atom. The molecule has 0 amide bonds. The Morgan fingerprint density at radius 1 is 1.12 bits per heavy atom. The molecule has 0 spiro atoms. The van der Waals surface area contributed by atoms with Crippen LogP contribution in [0.1, 0.15) is 36.7 Å². The number of fused-ring (bicyclic) bond motifs is 1. The van der Waals surface area contributed by atoms with E-state index in [0.29, 0.717) is 13.2 Å². The molecular weight excluding hydrogens is 202 g/mol. The van der Waals surface area contributed by atoms with Crippen molar-refractivity contribution in [2.45, 2.75) is 38.4 Å². The number of aromatic nitrogens is 1. The maximum Gasteiger partial charge on any atom is 0.209 e. The Hall–Kier alpha value is -0.930. The molecule has 3 rings (SSSR count). The molecule has 1 aromatic heterocycles. The quantitative estimate of drug-likeness (QED) is 0.725. The monoisotopic (exact) mass is 219 g/mol. The zero-order valence-electron chi connectivity index (χ0n) is 9.66. The fourth-order valence-corrected chi connectivity index (χ4v) is 2.50. The second-order valence-corrected chi connectivity index (χ2v) is 4.65. The molecule has 3 heteroatoms. The Balaban J connectivity index is 1.96. The lowest BCUT2D eigenvalue weighted by molar-refractivity contribution is -0.152. The average Bonchev–Trinajstić information content (AvgIpc) is 2.77. The molecule has 16 heavy (non-hydrogen) atoms. The molecule has 0 atom stereocenters. The number of ether oxygens (including phenoxy) is 2. The highest BCUT2D eigenvalue weighted by atomic mass is 16.7. The zero-order chi connectivity index (χ0) is 11.0. The summed E-state index contributed by atoms with van der Waals surface area (Å²) in [6, 6.07) is 4.24. The van der Waals surface area contributed by atoms with Gasteiger partial charge in [-0.25, -0.2) is 0 Å². The van der Waals surface area contributed by atoms with Gasteiger partial charge < -0.3 is 9.47 Å². The van der Waals surface area contributed by atoms with Gasteiger partial charge in [0.25, 0.3) is 0 Å². The Bertz CT molecular complexity index is 397. The predicted molar refractivity (Wildman–Crippen MR) is 60.1 cm³/mol. The van der Waals surface area contributed by atoms with Gasteiger partial charge in [-0.2, -0.15) is 0 Å². The van der Waals surface area contributed by atoms with Crippen molar-refractivity contribution in [1.82, 2.24) is 4.98 Å². The van der Waals surface area contributed by atoms with Gasteiger partial charge >= 0.3 is 0 Å². The fraction of sp³-hybridized carbons (Fsp3) is 0.615. The van der Waals surface area contributed by atoms with Gasteiger partial charge in [-0.1, -0.05) is 6.07 Å². The first kappa shape index (κ1) is 10.2. The van der Waals surface area contributed by atoms with Gasteiger partial charge in [0.15, 0.2) is 0 Å². The highest BCUT2D eigenvalue weighted by molar-refractivity contribution is 5.27. The first-order valence-electron chi connectivity index (χ1n) is 6.05. The van der Waals surface area contributed by atoms with Gasteiger partial charge in [-0.15, -0.1) is 0 Å². The maximum absolute atomic E-state index is 5.63. The minimum Gasteiger partial charge on any atom is -0.342 e. The molecular formula is C13H17NO2. The topological polar surface area (TPSA) is 31.4 Å². The number of hydrogen-bond donors (Lipinski definition) is 0. The Morgan fingerprint density at radius 3 is 2.69 bits per heavy atom. The van der Waals surface area contributed by atoms with E-state index in [9.17, 15) is 0 Å². The van der Waals surface area contributed by atoms with E-state index in [0.717, 1.165) is 12.1 Å². The Kier molecular flexibility index (Phi) is 2.45. The number of hydrogen-bond acceptors (Lipinski definition) is 3. The van der Waals surface area contributed by atoms with Crippen molar-refractivity contribution in [1.29, 1.82) is 0 Å². The molecule has 1 saturated heterocycles. The summed E-state index contributed by atoms with van der Waals surface area (Å²) in [5.74, 6) is -0.619. The third kappa shape index (κ3) is 1.64. The third-order valence-electron chi connectivity index (χ3n) is 3.48. The standard InChI is InChI=1S/C13H17NO2/c1-13(15-8-9-16-13)12-7-6-10-4-2-3-5-11(10)14-12/h6-7H,2-5,8-9H2,1H3. The normalized spacial score (nSPS) is 23.1. The van der Waals surface area contributed by atoms with Crippen LogP contribution in [-0.2, 0) is 28.1 Å². The average molecular weight is 219 g/mol. The summed E-state index contributed by atoms with van der Waals surface area (Å²) in [6.45, 7) is 3.28. The molecule has 0 radical (unpaired) electrons. The molecule has 1 aliphatic heterocycles. The van der Waals surface area contributed by atoms with Crippen molar-refractivity contribution in [3.05, 3.63) is 29.1 Å². The van der Waals surface area contributed by atoms with E-state index < -0.39 is 5.79 Å². The second kappa shape index (κ2) is 3.82. The summed E-state index contributed by atoms with van der Waals surface area (Å²) in [6.07, 6.45) is 4.81. The van der Waals surface area contributed by atoms with E-state index in [1.54, 1.807) is 0 Å². The van der Waals surface area contributed by atoms with Gasteiger partial charge in [-0.3, -0.25) is 4.98 Å². The molecule has 0 N–H and O–H groups in total. The highest BCUT2D eigenvalue weighted by Crippen LogP contribution is 2.31. The smallest absolute Gasteiger partial charge is 0.209 e. The van der Waals surface area contributed by atoms with Crippen LogP contribution >= 0.6 is 0 Å². The maximum atomic E-state index is 5.63. The second-order valence-electron chi connectivity index (χ2n) is 4.65. The summed E-state index contributed by atoms with van der Waals surface area (Å²) in [7, 11) is 0. The first-order valence-corrected chi connectivity index (χ1v) is 6.05. The van der Waals surface area contributed by atoms with Gasteiger partial charge in [0.1, 0.15) is 0 Å². The molecule has 0 saturated carbocycles. The summed E-state index contributed by atoms with van der Waals surface area (Å²) in [5.41, 5.74) is 3.56. The lowest BCUT2D eigenvalue weighted by Crippen LogP contribution is -2.25. The van der Waals surface area contributed by atoms with Crippen LogP contribution in [-0.4, -0.2) is 18.2 Å². The zero-order valence-corrected chi connectivity index (χ0v) is 9.66. The van der Waals surface area contributed by atoms with E-state index >= 15 is 0 Å². The van der Waals surface area contributed by atoms with Crippen LogP contribution in [0.4, 0.5) is 0 Å². The van der Waals surface area contributed by atoms with Crippen molar-refractivity contribution in [3.8, 4) is 0 Å². The van der Waals surface area contributed by atoms with E-state index in [2.05, 4.69) is 12.1 Å².